The molecule has 0 aromatic heterocycles. The second-order valence-corrected chi connectivity index (χ2v) is 8.65. The van der Waals surface area contributed by atoms with E-state index in [4.69, 9.17) is 12.2 Å². The van der Waals surface area contributed by atoms with Crippen LogP contribution in [0.1, 0.15) is 17.5 Å². The van der Waals surface area contributed by atoms with Gasteiger partial charge in [-0.3, -0.25) is 9.59 Å². The first-order valence-electron chi connectivity index (χ1n) is 8.88. The molecule has 0 saturated carbocycles. The van der Waals surface area contributed by atoms with Crippen molar-refractivity contribution >= 4 is 40.5 Å². The molecule has 6 heteroatoms. The highest BCUT2D eigenvalue weighted by molar-refractivity contribution is 7.99. The van der Waals surface area contributed by atoms with Gasteiger partial charge in [0.05, 0.1) is 11.8 Å². The van der Waals surface area contributed by atoms with Gasteiger partial charge in [0.1, 0.15) is 11.8 Å². The highest BCUT2D eigenvalue weighted by Crippen LogP contribution is 2.31. The fraction of sp³-hybridized carbons (Fsp3) is 0.526. The Labute approximate surface area is 157 Å². The van der Waals surface area contributed by atoms with Crippen LogP contribution in [-0.4, -0.2) is 52.2 Å². The summed E-state index contributed by atoms with van der Waals surface area (Å²) in [6, 6.07) is 7.89. The maximum absolute atomic E-state index is 13.2. The van der Waals surface area contributed by atoms with Crippen LogP contribution in [0, 0.1) is 11.8 Å². The summed E-state index contributed by atoms with van der Waals surface area (Å²) in [5, 5.41) is 3.21. The molecule has 3 atom stereocenters. The van der Waals surface area contributed by atoms with Gasteiger partial charge in [-0.1, -0.05) is 36.5 Å². The first-order chi connectivity index (χ1) is 12.1. The number of Topliss-reactive ketones (excluding diaryl/α,β-unsaturated/α-hetero) is 1. The van der Waals surface area contributed by atoms with E-state index >= 15 is 0 Å². The Morgan fingerprint density at radius 1 is 1.24 bits per heavy atom. The van der Waals surface area contributed by atoms with Gasteiger partial charge in [-0.2, -0.15) is 0 Å². The second kappa shape index (κ2) is 7.17. The average Bonchev–Trinajstić information content (AvgIpc) is 3.30. The largest absolute Gasteiger partial charge is 0.331 e. The number of amides is 1. The number of ketones is 1. The molecule has 2 unspecified atom stereocenters. The van der Waals surface area contributed by atoms with Crippen molar-refractivity contribution in [1.29, 1.82) is 0 Å². The van der Waals surface area contributed by atoms with Crippen LogP contribution in [0.2, 0.25) is 0 Å². The molecule has 0 radical (unpaired) electrons. The highest BCUT2D eigenvalue weighted by atomic mass is 32.2. The molecule has 1 amide bonds. The van der Waals surface area contributed by atoms with Crippen molar-refractivity contribution in [1.82, 2.24) is 10.2 Å². The fourth-order valence-electron chi connectivity index (χ4n) is 4.16. The number of fused-ring (bicyclic) bond motifs is 1. The van der Waals surface area contributed by atoms with Gasteiger partial charge in [-0.15, -0.1) is 11.8 Å². The van der Waals surface area contributed by atoms with Crippen LogP contribution >= 0.6 is 24.0 Å². The molecule has 2 aliphatic heterocycles. The van der Waals surface area contributed by atoms with Gasteiger partial charge in [0.25, 0.3) is 0 Å². The SMILES string of the molecule is O=C(C1CCc2ccccc2C1)C1C(=S)CN[C@@H]1C(=O)N1CCSC1. The maximum atomic E-state index is 13.2. The molecule has 2 saturated heterocycles. The molecule has 4 rings (SSSR count). The highest BCUT2D eigenvalue weighted by Gasteiger charge is 2.45. The van der Waals surface area contributed by atoms with Crippen LogP contribution in [0.25, 0.3) is 0 Å². The number of aryl methyl sites for hydroxylation is 1. The number of nitrogens with one attached hydrogen (secondary N) is 1. The van der Waals surface area contributed by atoms with Crippen molar-refractivity contribution in [3.05, 3.63) is 35.4 Å². The third-order valence-corrected chi connectivity index (χ3v) is 6.93. The standard InChI is InChI=1S/C19H22N2O2S2/c22-18(14-6-5-12-3-1-2-4-13(12)9-14)16-15(24)10-20-17(16)19(23)21-7-8-25-11-21/h1-4,14,16-17,20H,5-11H2/t14?,16?,17-/m0/s1. The van der Waals surface area contributed by atoms with Crippen molar-refractivity contribution in [2.45, 2.75) is 25.3 Å². The Morgan fingerprint density at radius 2 is 2.04 bits per heavy atom. The average molecular weight is 375 g/mol. The van der Waals surface area contributed by atoms with Gasteiger partial charge in [0, 0.05) is 29.6 Å². The van der Waals surface area contributed by atoms with Crippen LogP contribution in [0.3, 0.4) is 0 Å². The number of rotatable bonds is 3. The minimum absolute atomic E-state index is 0.0268. The van der Waals surface area contributed by atoms with E-state index in [1.54, 1.807) is 11.8 Å². The lowest BCUT2D eigenvalue weighted by Crippen LogP contribution is -2.48. The maximum Gasteiger partial charge on any atom is 0.241 e. The summed E-state index contributed by atoms with van der Waals surface area (Å²) in [5.41, 5.74) is 2.61. The number of thiocarbonyl (C=S) groups is 1. The molecule has 1 aromatic rings. The van der Waals surface area contributed by atoms with Gasteiger partial charge in [0.2, 0.25) is 5.91 Å². The predicted octanol–water partition coefficient (Wildman–Crippen LogP) is 1.85. The van der Waals surface area contributed by atoms with Crippen molar-refractivity contribution in [2.75, 3.05) is 24.7 Å². The Kier molecular flexibility index (Phi) is 4.93. The monoisotopic (exact) mass is 374 g/mol. The number of thioether (sulfide) groups is 1. The van der Waals surface area contributed by atoms with Crippen LogP contribution in [0.5, 0.6) is 0 Å². The number of carbonyl (C=O) groups excluding carboxylic acids is 2. The zero-order valence-corrected chi connectivity index (χ0v) is 15.7. The summed E-state index contributed by atoms with van der Waals surface area (Å²) in [6.45, 7) is 1.26. The Morgan fingerprint density at radius 3 is 2.80 bits per heavy atom. The topological polar surface area (TPSA) is 49.4 Å². The minimum Gasteiger partial charge on any atom is -0.331 e. The lowest BCUT2D eigenvalue weighted by molar-refractivity contribution is -0.136. The molecule has 2 heterocycles. The molecule has 2 fully saturated rings. The summed E-state index contributed by atoms with van der Waals surface area (Å²) in [7, 11) is 0. The van der Waals surface area contributed by atoms with Crippen molar-refractivity contribution < 1.29 is 9.59 Å². The van der Waals surface area contributed by atoms with E-state index in [2.05, 4.69) is 23.5 Å². The summed E-state index contributed by atoms with van der Waals surface area (Å²) in [4.78, 5) is 28.6. The van der Waals surface area contributed by atoms with E-state index in [9.17, 15) is 9.59 Å². The molecule has 3 aliphatic rings. The van der Waals surface area contributed by atoms with Gasteiger partial charge in [0.15, 0.2) is 0 Å². The first-order valence-corrected chi connectivity index (χ1v) is 10.4. The Balaban J connectivity index is 1.51. The summed E-state index contributed by atoms with van der Waals surface area (Å²) >= 11 is 7.24. The predicted molar refractivity (Wildman–Crippen MR) is 104 cm³/mol. The van der Waals surface area contributed by atoms with Crippen LogP contribution in [0.15, 0.2) is 24.3 Å². The smallest absolute Gasteiger partial charge is 0.241 e. The van der Waals surface area contributed by atoms with Gasteiger partial charge < -0.3 is 10.2 Å². The molecule has 0 spiro atoms. The molecule has 1 aromatic carbocycles. The summed E-state index contributed by atoms with van der Waals surface area (Å²) in [6.07, 6.45) is 2.56. The van der Waals surface area contributed by atoms with E-state index in [0.29, 0.717) is 11.4 Å². The minimum atomic E-state index is -0.462. The normalized spacial score (nSPS) is 28.9. The quantitative estimate of drug-likeness (QED) is 0.819. The third kappa shape index (κ3) is 3.27. The molecule has 25 heavy (non-hydrogen) atoms. The van der Waals surface area contributed by atoms with Crippen molar-refractivity contribution in [2.24, 2.45) is 11.8 Å². The number of nitrogens with zero attached hydrogens (tertiary/aromatic N) is 1. The van der Waals surface area contributed by atoms with Crippen molar-refractivity contribution in [3.63, 3.8) is 0 Å². The van der Waals surface area contributed by atoms with Crippen LogP contribution < -0.4 is 5.32 Å². The van der Waals surface area contributed by atoms with Gasteiger partial charge in [-0.25, -0.2) is 0 Å². The number of benzene rings is 1. The molecule has 1 aliphatic carbocycles. The summed E-state index contributed by atoms with van der Waals surface area (Å²) < 4.78 is 0. The van der Waals surface area contributed by atoms with Crippen LogP contribution in [0.4, 0.5) is 0 Å². The fourth-order valence-corrected chi connectivity index (χ4v) is 5.45. The molecule has 1 N–H and O–H groups in total. The third-order valence-electron chi connectivity index (χ3n) is 5.56. The Hall–Kier alpha value is -1.24. The van der Waals surface area contributed by atoms with E-state index in [1.807, 2.05) is 11.0 Å². The molecular formula is C19H22N2O2S2. The molecule has 132 valence electrons. The Bertz CT molecular complexity index is 715. The lowest BCUT2D eigenvalue weighted by atomic mass is 9.76. The zero-order chi connectivity index (χ0) is 17.4. The number of hydrogen-bond donors (Lipinski definition) is 1. The van der Waals surface area contributed by atoms with E-state index < -0.39 is 12.0 Å². The molecular weight excluding hydrogens is 352 g/mol. The van der Waals surface area contributed by atoms with E-state index in [1.165, 1.54) is 11.1 Å². The van der Waals surface area contributed by atoms with Gasteiger partial charge >= 0.3 is 0 Å². The lowest BCUT2D eigenvalue weighted by Gasteiger charge is -2.28. The van der Waals surface area contributed by atoms with Crippen molar-refractivity contribution in [3.8, 4) is 0 Å². The van der Waals surface area contributed by atoms with Gasteiger partial charge in [-0.05, 0) is 30.4 Å². The number of hydrogen-bond acceptors (Lipinski definition) is 5. The van der Waals surface area contributed by atoms with E-state index in [-0.39, 0.29) is 17.6 Å². The summed E-state index contributed by atoms with van der Waals surface area (Å²) in [5.74, 6) is 1.43. The van der Waals surface area contributed by atoms with Crippen LogP contribution in [-0.2, 0) is 22.4 Å². The zero-order valence-electron chi connectivity index (χ0n) is 14.1. The molecule has 4 nitrogen and oxygen atoms in total. The second-order valence-electron chi connectivity index (χ2n) is 7.05. The van der Waals surface area contributed by atoms with E-state index in [0.717, 1.165) is 37.4 Å². The number of carbonyl (C=O) groups is 2. The molecule has 0 bridgehead atoms. The first kappa shape index (κ1) is 17.2.